The molecule has 1 radical (unpaired) electrons. The van der Waals surface area contributed by atoms with E-state index in [0.717, 1.165) is 12.1 Å². The molecule has 0 N–H and O–H groups in total. The van der Waals surface area contributed by atoms with Crippen molar-refractivity contribution in [2.75, 3.05) is 0 Å². The fourth-order valence-electron chi connectivity index (χ4n) is 1.29. The smallest absolute Gasteiger partial charge is 0.159 e. The van der Waals surface area contributed by atoms with E-state index in [2.05, 4.69) is 6.07 Å². The van der Waals surface area contributed by atoms with Gasteiger partial charge in [0.05, 0.1) is 0 Å². The van der Waals surface area contributed by atoms with Crippen LogP contribution in [0.4, 0.5) is 8.78 Å². The first kappa shape index (κ1) is 10.1. The maximum Gasteiger partial charge on any atom is 0.159 e. The van der Waals surface area contributed by atoms with E-state index in [0.29, 0.717) is 16.1 Å². The first-order valence-corrected chi connectivity index (χ1v) is 4.68. The van der Waals surface area contributed by atoms with E-state index in [4.69, 9.17) is 11.6 Å². The van der Waals surface area contributed by atoms with Crippen LogP contribution in [-0.4, -0.2) is 0 Å². The van der Waals surface area contributed by atoms with Crippen LogP contribution in [0, 0.1) is 17.7 Å². The lowest BCUT2D eigenvalue weighted by atomic mass is 10.1. The van der Waals surface area contributed by atoms with E-state index in [1.165, 1.54) is 6.07 Å². The zero-order valence-corrected chi connectivity index (χ0v) is 8.35. The van der Waals surface area contributed by atoms with E-state index < -0.39 is 11.6 Å². The minimum Gasteiger partial charge on any atom is -0.204 e. The molecule has 0 bridgehead atoms. The van der Waals surface area contributed by atoms with Crippen LogP contribution in [0.15, 0.2) is 36.4 Å². The summed E-state index contributed by atoms with van der Waals surface area (Å²) >= 11 is 5.90. The van der Waals surface area contributed by atoms with Crippen molar-refractivity contribution in [1.82, 2.24) is 0 Å². The highest BCUT2D eigenvalue weighted by Gasteiger charge is 2.06. The molecule has 0 saturated heterocycles. The molecule has 2 aromatic carbocycles. The summed E-state index contributed by atoms with van der Waals surface area (Å²) in [6.45, 7) is 0. The number of rotatable bonds is 1. The molecular formula is C12H6ClF2. The van der Waals surface area contributed by atoms with Gasteiger partial charge in [-0.05, 0) is 29.8 Å². The van der Waals surface area contributed by atoms with Gasteiger partial charge in [0.25, 0.3) is 0 Å². The van der Waals surface area contributed by atoms with Gasteiger partial charge in [0, 0.05) is 10.6 Å². The Kier molecular flexibility index (Phi) is 2.69. The Bertz CT molecular complexity index is 495. The van der Waals surface area contributed by atoms with Gasteiger partial charge in [-0.2, -0.15) is 0 Å². The molecule has 75 valence electrons. The van der Waals surface area contributed by atoms with Crippen LogP contribution in [-0.2, 0) is 0 Å². The molecule has 15 heavy (non-hydrogen) atoms. The van der Waals surface area contributed by atoms with Crippen molar-refractivity contribution < 1.29 is 8.78 Å². The van der Waals surface area contributed by atoms with Gasteiger partial charge in [0.15, 0.2) is 11.6 Å². The third-order valence-corrected chi connectivity index (χ3v) is 2.33. The van der Waals surface area contributed by atoms with Gasteiger partial charge in [-0.1, -0.05) is 29.8 Å². The third kappa shape index (κ3) is 2.00. The summed E-state index contributed by atoms with van der Waals surface area (Å²) in [4.78, 5) is 0. The van der Waals surface area contributed by atoms with Crippen molar-refractivity contribution in [3.8, 4) is 11.1 Å². The summed E-state index contributed by atoms with van der Waals surface area (Å²) in [6.07, 6.45) is 0. The molecule has 0 nitrogen and oxygen atoms in total. The van der Waals surface area contributed by atoms with Crippen LogP contribution >= 0.6 is 11.6 Å². The number of halogens is 3. The van der Waals surface area contributed by atoms with Crippen molar-refractivity contribution in [2.24, 2.45) is 0 Å². The van der Waals surface area contributed by atoms with Crippen molar-refractivity contribution in [3.05, 3.63) is 59.1 Å². The topological polar surface area (TPSA) is 0 Å². The monoisotopic (exact) mass is 223 g/mol. The third-order valence-electron chi connectivity index (χ3n) is 2.01. The summed E-state index contributed by atoms with van der Waals surface area (Å²) in [7, 11) is 0. The SMILES string of the molecule is Fc1ccc(-c2[c]cccc2Cl)cc1F. The molecule has 0 aliphatic rings. The summed E-state index contributed by atoms with van der Waals surface area (Å²) in [6, 6.07) is 11.6. The molecule has 3 heteroatoms. The molecule has 0 aromatic heterocycles. The van der Waals surface area contributed by atoms with Crippen molar-refractivity contribution in [3.63, 3.8) is 0 Å². The maximum absolute atomic E-state index is 13.0. The van der Waals surface area contributed by atoms with E-state index in [1.807, 2.05) is 0 Å². The summed E-state index contributed by atoms with van der Waals surface area (Å²) in [5.74, 6) is -1.76. The lowest BCUT2D eigenvalue weighted by Gasteiger charge is -2.03. The first-order chi connectivity index (χ1) is 7.18. The highest BCUT2D eigenvalue weighted by Crippen LogP contribution is 2.27. The average Bonchev–Trinajstić information content (AvgIpc) is 2.23. The Morgan fingerprint density at radius 3 is 2.53 bits per heavy atom. The predicted molar refractivity (Wildman–Crippen MR) is 55.6 cm³/mol. The minimum atomic E-state index is -0.888. The van der Waals surface area contributed by atoms with Gasteiger partial charge >= 0.3 is 0 Å². The van der Waals surface area contributed by atoms with Gasteiger partial charge in [-0.25, -0.2) is 8.78 Å². The van der Waals surface area contributed by atoms with Crippen LogP contribution in [0.1, 0.15) is 0 Å². The molecule has 0 amide bonds. The van der Waals surface area contributed by atoms with Gasteiger partial charge in [0.2, 0.25) is 0 Å². The largest absolute Gasteiger partial charge is 0.204 e. The van der Waals surface area contributed by atoms with E-state index in [9.17, 15) is 8.78 Å². The predicted octanol–water partition coefficient (Wildman–Crippen LogP) is 4.09. The quantitative estimate of drug-likeness (QED) is 0.683. The standard InChI is InChI=1S/C12H6ClF2/c13-10-4-2-1-3-9(10)8-5-6-11(14)12(15)7-8/h1-2,4-7H. The van der Waals surface area contributed by atoms with E-state index in [-0.39, 0.29) is 0 Å². The molecule has 0 saturated carbocycles. The second kappa shape index (κ2) is 3.99. The Morgan fingerprint density at radius 2 is 1.87 bits per heavy atom. The molecular weight excluding hydrogens is 218 g/mol. The molecule has 0 fully saturated rings. The van der Waals surface area contributed by atoms with Crippen molar-refractivity contribution >= 4 is 11.6 Å². The fraction of sp³-hybridized carbons (Fsp3) is 0. The first-order valence-electron chi connectivity index (χ1n) is 4.30. The van der Waals surface area contributed by atoms with Crippen LogP contribution in [0.2, 0.25) is 5.02 Å². The van der Waals surface area contributed by atoms with Crippen LogP contribution in [0.5, 0.6) is 0 Å². The molecule has 2 rings (SSSR count). The lowest BCUT2D eigenvalue weighted by Crippen LogP contribution is -1.86. The molecule has 0 heterocycles. The Balaban J connectivity index is 2.55. The number of hydrogen-bond acceptors (Lipinski definition) is 0. The molecule has 0 spiro atoms. The second-order valence-electron chi connectivity index (χ2n) is 3.02. The number of hydrogen-bond donors (Lipinski definition) is 0. The summed E-state index contributed by atoms with van der Waals surface area (Å²) < 4.78 is 25.7. The summed E-state index contributed by atoms with van der Waals surface area (Å²) in [5.41, 5.74) is 1.08. The normalized spacial score (nSPS) is 10.3. The van der Waals surface area contributed by atoms with Crippen LogP contribution in [0.3, 0.4) is 0 Å². The van der Waals surface area contributed by atoms with Crippen LogP contribution < -0.4 is 0 Å². The molecule has 2 aromatic rings. The van der Waals surface area contributed by atoms with Gasteiger partial charge in [-0.3, -0.25) is 0 Å². The van der Waals surface area contributed by atoms with Crippen molar-refractivity contribution in [1.29, 1.82) is 0 Å². The second-order valence-corrected chi connectivity index (χ2v) is 3.43. The molecule has 0 atom stereocenters. The molecule has 0 aliphatic heterocycles. The molecule has 0 aliphatic carbocycles. The average molecular weight is 224 g/mol. The Labute approximate surface area is 91.1 Å². The fourth-order valence-corrected chi connectivity index (χ4v) is 1.53. The summed E-state index contributed by atoms with van der Waals surface area (Å²) in [5, 5.41) is 0.462. The van der Waals surface area contributed by atoms with E-state index >= 15 is 0 Å². The van der Waals surface area contributed by atoms with Crippen molar-refractivity contribution in [2.45, 2.75) is 0 Å². The van der Waals surface area contributed by atoms with Gasteiger partial charge in [0.1, 0.15) is 0 Å². The lowest BCUT2D eigenvalue weighted by molar-refractivity contribution is 0.509. The highest BCUT2D eigenvalue weighted by molar-refractivity contribution is 6.33. The van der Waals surface area contributed by atoms with Gasteiger partial charge in [-0.15, -0.1) is 0 Å². The Hall–Kier alpha value is -1.41. The van der Waals surface area contributed by atoms with Crippen LogP contribution in [0.25, 0.3) is 11.1 Å². The number of benzene rings is 2. The Morgan fingerprint density at radius 1 is 1.07 bits per heavy atom. The maximum atomic E-state index is 13.0. The van der Waals surface area contributed by atoms with Gasteiger partial charge < -0.3 is 0 Å². The highest BCUT2D eigenvalue weighted by atomic mass is 35.5. The molecule has 0 unspecified atom stereocenters. The minimum absolute atomic E-state index is 0.462. The zero-order valence-electron chi connectivity index (χ0n) is 7.60. The van der Waals surface area contributed by atoms with E-state index in [1.54, 1.807) is 18.2 Å². The zero-order chi connectivity index (χ0) is 10.8.